The van der Waals surface area contributed by atoms with E-state index in [9.17, 15) is 4.79 Å². The first-order chi connectivity index (χ1) is 8.45. The number of rotatable bonds is 2. The summed E-state index contributed by atoms with van der Waals surface area (Å²) in [7, 11) is 0. The van der Waals surface area contributed by atoms with Crippen LogP contribution in [0.2, 0.25) is 10.0 Å². The molecule has 0 unspecified atom stereocenters. The predicted molar refractivity (Wildman–Crippen MR) is 74.4 cm³/mol. The Morgan fingerprint density at radius 2 is 1.72 bits per heavy atom. The van der Waals surface area contributed by atoms with Crippen molar-refractivity contribution in [3.63, 3.8) is 0 Å². The molecule has 2 aromatic rings. The number of aromatic nitrogens is 2. The molecule has 0 aliphatic rings. The fourth-order valence-electron chi connectivity index (χ4n) is 1.60. The number of H-pyrrole nitrogens is 1. The van der Waals surface area contributed by atoms with Gasteiger partial charge >= 0.3 is 0 Å². The van der Waals surface area contributed by atoms with Crippen molar-refractivity contribution >= 4 is 23.2 Å². The molecule has 0 aliphatic heterocycles. The van der Waals surface area contributed by atoms with E-state index in [-0.39, 0.29) is 11.5 Å². The predicted octanol–water partition coefficient (Wildman–Crippen LogP) is 3.87. The number of nitrogens with one attached hydrogen (secondary N) is 1. The summed E-state index contributed by atoms with van der Waals surface area (Å²) in [5.41, 5.74) is 1.26. The van der Waals surface area contributed by atoms with Crippen molar-refractivity contribution in [3.8, 4) is 11.4 Å². The number of halogens is 2. The molecule has 0 saturated heterocycles. The largest absolute Gasteiger partial charge is 0.307 e. The normalized spacial score (nSPS) is 10.9. The van der Waals surface area contributed by atoms with Crippen LogP contribution in [-0.2, 0) is 0 Å². The maximum Gasteiger partial charge on any atom is 0.251 e. The van der Waals surface area contributed by atoms with Crippen molar-refractivity contribution < 1.29 is 0 Å². The summed E-state index contributed by atoms with van der Waals surface area (Å²) in [4.78, 5) is 18.7. The molecule has 3 nitrogen and oxygen atoms in total. The molecule has 0 bridgehead atoms. The smallest absolute Gasteiger partial charge is 0.251 e. The van der Waals surface area contributed by atoms with Crippen molar-refractivity contribution in [2.24, 2.45) is 0 Å². The minimum atomic E-state index is -0.181. The summed E-state index contributed by atoms with van der Waals surface area (Å²) in [5.74, 6) is 0.663. The van der Waals surface area contributed by atoms with Crippen molar-refractivity contribution in [3.05, 3.63) is 50.4 Å². The van der Waals surface area contributed by atoms with Gasteiger partial charge in [-0.25, -0.2) is 4.98 Å². The zero-order chi connectivity index (χ0) is 13.3. The Morgan fingerprint density at radius 1 is 1.11 bits per heavy atom. The molecule has 94 valence electrons. The zero-order valence-corrected chi connectivity index (χ0v) is 11.5. The van der Waals surface area contributed by atoms with Gasteiger partial charge in [0.1, 0.15) is 5.82 Å². The maximum atomic E-state index is 11.6. The van der Waals surface area contributed by atoms with E-state index in [0.717, 1.165) is 5.69 Å². The summed E-state index contributed by atoms with van der Waals surface area (Å²) in [6, 6.07) is 6.57. The first kappa shape index (κ1) is 13.1. The maximum absolute atomic E-state index is 11.6. The van der Waals surface area contributed by atoms with Gasteiger partial charge in [-0.05, 0) is 24.1 Å². The highest BCUT2D eigenvalue weighted by Crippen LogP contribution is 2.25. The Hall–Kier alpha value is -1.32. The van der Waals surface area contributed by atoms with E-state index < -0.39 is 0 Å². The van der Waals surface area contributed by atoms with Crippen LogP contribution in [-0.4, -0.2) is 9.97 Å². The van der Waals surface area contributed by atoms with Gasteiger partial charge in [-0.15, -0.1) is 0 Å². The van der Waals surface area contributed by atoms with Crippen LogP contribution in [0.15, 0.2) is 29.1 Å². The Labute approximate surface area is 115 Å². The van der Waals surface area contributed by atoms with E-state index in [2.05, 4.69) is 9.97 Å². The third-order valence-corrected chi connectivity index (χ3v) is 2.93. The Kier molecular flexibility index (Phi) is 3.73. The molecule has 18 heavy (non-hydrogen) atoms. The van der Waals surface area contributed by atoms with Crippen molar-refractivity contribution in [2.45, 2.75) is 19.8 Å². The van der Waals surface area contributed by atoms with E-state index >= 15 is 0 Å². The Balaban J connectivity index is 2.60. The van der Waals surface area contributed by atoms with Gasteiger partial charge in [0.05, 0.1) is 5.69 Å². The molecule has 1 aromatic carbocycles. The average molecular weight is 283 g/mol. The molecule has 5 heteroatoms. The Bertz CT molecular complexity index is 615. The van der Waals surface area contributed by atoms with E-state index in [1.165, 1.54) is 6.07 Å². The Morgan fingerprint density at radius 3 is 2.28 bits per heavy atom. The highest BCUT2D eigenvalue weighted by Gasteiger charge is 2.08. The number of nitrogens with zero attached hydrogens (tertiary/aromatic N) is 1. The fourth-order valence-corrected chi connectivity index (χ4v) is 2.13. The first-order valence-electron chi connectivity index (χ1n) is 5.53. The molecule has 0 radical (unpaired) electrons. The quantitative estimate of drug-likeness (QED) is 0.909. The lowest BCUT2D eigenvalue weighted by molar-refractivity contribution is 0.812. The van der Waals surface area contributed by atoms with Crippen LogP contribution in [0.4, 0.5) is 0 Å². The standard InChI is InChI=1S/C13H12Cl2N2O/c1-7(2)11-6-12(18)17-13(16-11)8-3-9(14)5-10(15)4-8/h3-7H,1-2H3,(H,16,17,18). The lowest BCUT2D eigenvalue weighted by Gasteiger charge is -2.07. The van der Waals surface area contributed by atoms with Gasteiger partial charge in [0, 0.05) is 21.7 Å². The van der Waals surface area contributed by atoms with E-state index in [1.807, 2.05) is 13.8 Å². The molecule has 0 spiro atoms. The summed E-state index contributed by atoms with van der Waals surface area (Å²) >= 11 is 11.9. The lowest BCUT2D eigenvalue weighted by atomic mass is 10.1. The van der Waals surface area contributed by atoms with Crippen LogP contribution >= 0.6 is 23.2 Å². The van der Waals surface area contributed by atoms with Crippen molar-refractivity contribution in [1.82, 2.24) is 9.97 Å². The second kappa shape index (κ2) is 5.12. The number of aromatic amines is 1. The molecule has 0 saturated carbocycles. The van der Waals surface area contributed by atoms with Crippen molar-refractivity contribution in [2.75, 3.05) is 0 Å². The van der Waals surface area contributed by atoms with Crippen LogP contribution in [0.25, 0.3) is 11.4 Å². The van der Waals surface area contributed by atoms with Gasteiger partial charge in [0.25, 0.3) is 5.56 Å². The number of hydrogen-bond acceptors (Lipinski definition) is 2. The highest BCUT2D eigenvalue weighted by atomic mass is 35.5. The van der Waals surface area contributed by atoms with Crippen molar-refractivity contribution in [1.29, 1.82) is 0 Å². The van der Waals surface area contributed by atoms with Crippen LogP contribution in [0.3, 0.4) is 0 Å². The van der Waals surface area contributed by atoms with Crippen LogP contribution in [0.1, 0.15) is 25.5 Å². The summed E-state index contributed by atoms with van der Waals surface area (Å²) in [5, 5.41) is 1.02. The monoisotopic (exact) mass is 282 g/mol. The van der Waals surface area contributed by atoms with Crippen LogP contribution in [0.5, 0.6) is 0 Å². The molecule has 1 heterocycles. The molecule has 0 aliphatic carbocycles. The molecular weight excluding hydrogens is 271 g/mol. The zero-order valence-electron chi connectivity index (χ0n) is 10.00. The van der Waals surface area contributed by atoms with Gasteiger partial charge in [-0.3, -0.25) is 4.79 Å². The van der Waals surface area contributed by atoms with E-state index in [0.29, 0.717) is 21.4 Å². The van der Waals surface area contributed by atoms with Gasteiger partial charge in [-0.2, -0.15) is 0 Å². The molecule has 0 atom stereocenters. The molecule has 2 rings (SSSR count). The molecular formula is C13H12Cl2N2O. The number of hydrogen-bond donors (Lipinski definition) is 1. The minimum absolute atomic E-state index is 0.181. The highest BCUT2D eigenvalue weighted by molar-refractivity contribution is 6.35. The SMILES string of the molecule is CC(C)c1cc(=O)[nH]c(-c2cc(Cl)cc(Cl)c2)n1. The van der Waals surface area contributed by atoms with E-state index in [4.69, 9.17) is 23.2 Å². The third kappa shape index (κ3) is 2.92. The topological polar surface area (TPSA) is 45.8 Å². The van der Waals surface area contributed by atoms with Gasteiger partial charge in [-0.1, -0.05) is 37.0 Å². The van der Waals surface area contributed by atoms with Crippen LogP contribution < -0.4 is 5.56 Å². The van der Waals surface area contributed by atoms with Gasteiger partial charge in [0.2, 0.25) is 0 Å². The van der Waals surface area contributed by atoms with Crippen LogP contribution in [0, 0.1) is 0 Å². The second-order valence-electron chi connectivity index (χ2n) is 4.33. The van der Waals surface area contributed by atoms with Gasteiger partial charge < -0.3 is 4.98 Å². The first-order valence-corrected chi connectivity index (χ1v) is 6.29. The third-order valence-electron chi connectivity index (χ3n) is 2.49. The summed E-state index contributed by atoms with van der Waals surface area (Å²) < 4.78 is 0. The molecule has 1 N–H and O–H groups in total. The fraction of sp³-hybridized carbons (Fsp3) is 0.231. The number of benzene rings is 1. The molecule has 1 aromatic heterocycles. The minimum Gasteiger partial charge on any atom is -0.307 e. The van der Waals surface area contributed by atoms with E-state index in [1.54, 1.807) is 18.2 Å². The summed E-state index contributed by atoms with van der Waals surface area (Å²) in [6.45, 7) is 3.97. The second-order valence-corrected chi connectivity index (χ2v) is 5.20. The van der Waals surface area contributed by atoms with Gasteiger partial charge in [0.15, 0.2) is 0 Å². The molecule has 0 fully saturated rings. The lowest BCUT2D eigenvalue weighted by Crippen LogP contribution is -2.11. The summed E-state index contributed by atoms with van der Waals surface area (Å²) in [6.07, 6.45) is 0. The average Bonchev–Trinajstić information content (AvgIpc) is 2.26. The molecule has 0 amide bonds.